The minimum atomic E-state index is -0.0225. The Balaban J connectivity index is 1.60. The summed E-state index contributed by atoms with van der Waals surface area (Å²) in [7, 11) is 1.80. The Labute approximate surface area is 200 Å². The second kappa shape index (κ2) is 8.42. The van der Waals surface area contributed by atoms with Crippen LogP contribution < -0.4 is 11.0 Å². The average Bonchev–Trinajstić information content (AvgIpc) is 3.26. The molecule has 3 aromatic rings. The predicted molar refractivity (Wildman–Crippen MR) is 135 cm³/mol. The maximum Gasteiger partial charge on any atom is 0.330 e. The Morgan fingerprint density at radius 1 is 1.24 bits per heavy atom. The molecule has 1 fully saturated rings. The number of nitrogens with zero attached hydrogens (tertiary/aromatic N) is 3. The van der Waals surface area contributed by atoms with Crippen molar-refractivity contribution in [2.45, 2.75) is 79.3 Å². The number of hydrogen-bond donors (Lipinski definition) is 1. The third-order valence-electron chi connectivity index (χ3n) is 6.92. The van der Waals surface area contributed by atoms with Crippen LogP contribution in [0.25, 0.3) is 11.2 Å². The second-order valence-electron chi connectivity index (χ2n) is 11.5. The molecule has 6 nitrogen and oxygen atoms in total. The first-order chi connectivity index (χ1) is 15.4. The van der Waals surface area contributed by atoms with Crippen LogP contribution in [0.15, 0.2) is 29.1 Å². The Morgan fingerprint density at radius 2 is 1.97 bits per heavy atom. The van der Waals surface area contributed by atoms with Crippen molar-refractivity contribution in [3.05, 3.63) is 50.2 Å². The third-order valence-corrected chi connectivity index (χ3v) is 7.92. The normalized spacial score (nSPS) is 20.8. The van der Waals surface area contributed by atoms with Gasteiger partial charge in [-0.05, 0) is 61.3 Å². The zero-order valence-electron chi connectivity index (χ0n) is 20.9. The molecule has 1 amide bonds. The first-order valence-corrected chi connectivity index (χ1v) is 12.6. The number of imidazole rings is 1. The molecule has 3 aromatic heterocycles. The lowest BCUT2D eigenvalue weighted by atomic mass is 9.68. The maximum absolute atomic E-state index is 12.9. The summed E-state index contributed by atoms with van der Waals surface area (Å²) < 4.78 is 3.50. The number of carbonyl (C=O) groups is 1. The van der Waals surface area contributed by atoms with E-state index in [9.17, 15) is 9.59 Å². The molecule has 2 atom stereocenters. The number of amides is 1. The van der Waals surface area contributed by atoms with E-state index in [0.717, 1.165) is 45.9 Å². The number of fused-ring (bicyclic) bond motifs is 1. The first kappa shape index (κ1) is 23.7. The molecule has 33 heavy (non-hydrogen) atoms. The van der Waals surface area contributed by atoms with Crippen molar-refractivity contribution >= 4 is 28.4 Å². The van der Waals surface area contributed by atoms with Gasteiger partial charge in [-0.2, -0.15) is 0 Å². The molecule has 4 rings (SSSR count). The van der Waals surface area contributed by atoms with Crippen LogP contribution in [0.3, 0.4) is 0 Å². The fourth-order valence-electron chi connectivity index (χ4n) is 4.89. The minimum Gasteiger partial charge on any atom is -0.348 e. The molecule has 0 bridgehead atoms. The Hall–Kier alpha value is -2.41. The molecule has 2 unspecified atom stereocenters. The van der Waals surface area contributed by atoms with E-state index in [1.54, 1.807) is 11.6 Å². The van der Waals surface area contributed by atoms with Gasteiger partial charge in [0.25, 0.3) is 5.91 Å². The number of nitrogens with one attached hydrogen (secondary N) is 1. The largest absolute Gasteiger partial charge is 0.348 e. The van der Waals surface area contributed by atoms with Gasteiger partial charge in [-0.1, -0.05) is 34.6 Å². The Kier molecular flexibility index (Phi) is 6.06. The van der Waals surface area contributed by atoms with Crippen LogP contribution in [0.5, 0.6) is 0 Å². The molecule has 7 heteroatoms. The van der Waals surface area contributed by atoms with Crippen LogP contribution >= 0.6 is 11.3 Å². The highest BCUT2D eigenvalue weighted by molar-refractivity contribution is 7.13. The van der Waals surface area contributed by atoms with Gasteiger partial charge in [-0.25, -0.2) is 9.78 Å². The van der Waals surface area contributed by atoms with Gasteiger partial charge in [-0.15, -0.1) is 11.3 Å². The Bertz CT molecular complexity index is 1240. The standard InChI is InChI=1S/C26H36N4O2S/c1-16-8-11-20(33-16)23(31)28-21-14-17(12-13-26(21,5)6)18-9-10-19-22(27-18)29(7)24(32)30(19)15-25(2,3)4/h8-11,17,21H,12-15H2,1-7H3,(H,28,31). The van der Waals surface area contributed by atoms with E-state index in [2.05, 4.69) is 46.0 Å². The lowest BCUT2D eigenvalue weighted by Crippen LogP contribution is -2.48. The molecule has 1 aliphatic rings. The van der Waals surface area contributed by atoms with E-state index in [1.165, 1.54) is 11.3 Å². The fourth-order valence-corrected chi connectivity index (χ4v) is 5.66. The van der Waals surface area contributed by atoms with Gasteiger partial charge in [0.1, 0.15) is 0 Å². The van der Waals surface area contributed by atoms with Crippen molar-refractivity contribution in [2.24, 2.45) is 17.9 Å². The second-order valence-corrected chi connectivity index (χ2v) is 12.8. The van der Waals surface area contributed by atoms with Crippen molar-refractivity contribution in [3.8, 4) is 0 Å². The zero-order chi connectivity index (χ0) is 24.1. The fraction of sp³-hybridized carbons (Fsp3) is 0.577. The Morgan fingerprint density at radius 3 is 2.61 bits per heavy atom. The average molecular weight is 469 g/mol. The highest BCUT2D eigenvalue weighted by atomic mass is 32.1. The number of thiophene rings is 1. The molecular weight excluding hydrogens is 432 g/mol. The molecule has 1 N–H and O–H groups in total. The molecule has 0 aromatic carbocycles. The lowest BCUT2D eigenvalue weighted by Gasteiger charge is -2.42. The van der Waals surface area contributed by atoms with Crippen molar-refractivity contribution in [3.63, 3.8) is 0 Å². The van der Waals surface area contributed by atoms with Crippen LogP contribution in [-0.2, 0) is 13.6 Å². The summed E-state index contributed by atoms with van der Waals surface area (Å²) in [4.78, 5) is 32.6. The summed E-state index contributed by atoms with van der Waals surface area (Å²) in [5.41, 5.74) is 2.62. The summed E-state index contributed by atoms with van der Waals surface area (Å²) in [6.45, 7) is 13.5. The summed E-state index contributed by atoms with van der Waals surface area (Å²) in [6.07, 6.45) is 2.88. The van der Waals surface area contributed by atoms with E-state index in [0.29, 0.717) is 6.54 Å². The summed E-state index contributed by atoms with van der Waals surface area (Å²) in [5.74, 6) is 0.260. The topological polar surface area (TPSA) is 68.9 Å². The minimum absolute atomic E-state index is 0.00172. The third kappa shape index (κ3) is 4.79. The molecular formula is C26H36N4O2S. The number of rotatable bonds is 4. The highest BCUT2D eigenvalue weighted by Crippen LogP contribution is 2.42. The van der Waals surface area contributed by atoms with E-state index in [-0.39, 0.29) is 34.4 Å². The summed E-state index contributed by atoms with van der Waals surface area (Å²) >= 11 is 1.53. The molecule has 178 valence electrons. The SMILES string of the molecule is Cc1ccc(C(=O)NC2CC(c3ccc4c(n3)n(C)c(=O)n4CC(C)(C)C)CCC2(C)C)s1. The quantitative estimate of drug-likeness (QED) is 0.569. The predicted octanol–water partition coefficient (Wildman–Crippen LogP) is 5.24. The van der Waals surface area contributed by atoms with E-state index >= 15 is 0 Å². The van der Waals surface area contributed by atoms with Crippen molar-refractivity contribution in [2.75, 3.05) is 0 Å². The zero-order valence-corrected chi connectivity index (χ0v) is 21.7. The van der Waals surface area contributed by atoms with Crippen LogP contribution in [0, 0.1) is 17.8 Å². The van der Waals surface area contributed by atoms with Crippen LogP contribution in [0.2, 0.25) is 0 Å². The van der Waals surface area contributed by atoms with Crippen LogP contribution in [0.1, 0.15) is 80.0 Å². The molecule has 1 saturated carbocycles. The van der Waals surface area contributed by atoms with Gasteiger partial charge in [-0.3, -0.25) is 13.9 Å². The number of pyridine rings is 1. The van der Waals surface area contributed by atoms with E-state index in [1.807, 2.05) is 29.7 Å². The number of hydrogen-bond acceptors (Lipinski definition) is 4. The van der Waals surface area contributed by atoms with E-state index in [4.69, 9.17) is 4.98 Å². The maximum atomic E-state index is 12.9. The lowest BCUT2D eigenvalue weighted by molar-refractivity contribution is 0.0840. The van der Waals surface area contributed by atoms with Gasteiger partial charge in [0, 0.05) is 36.1 Å². The number of aromatic nitrogens is 3. The van der Waals surface area contributed by atoms with Gasteiger partial charge < -0.3 is 5.32 Å². The molecule has 3 heterocycles. The van der Waals surface area contributed by atoms with Gasteiger partial charge in [0.2, 0.25) is 0 Å². The first-order valence-electron chi connectivity index (χ1n) is 11.8. The molecule has 0 spiro atoms. The monoisotopic (exact) mass is 468 g/mol. The number of carbonyl (C=O) groups excluding carboxylic acids is 1. The number of aryl methyl sites for hydroxylation is 2. The van der Waals surface area contributed by atoms with Gasteiger partial charge >= 0.3 is 5.69 Å². The van der Waals surface area contributed by atoms with Gasteiger partial charge in [0.15, 0.2) is 5.65 Å². The van der Waals surface area contributed by atoms with Crippen LogP contribution in [-0.4, -0.2) is 26.1 Å². The molecule has 0 saturated heterocycles. The smallest absolute Gasteiger partial charge is 0.330 e. The van der Waals surface area contributed by atoms with Crippen molar-refractivity contribution < 1.29 is 4.79 Å². The molecule has 0 radical (unpaired) electrons. The summed E-state index contributed by atoms with van der Waals surface area (Å²) in [6, 6.07) is 8.08. The van der Waals surface area contributed by atoms with E-state index < -0.39 is 0 Å². The molecule has 1 aliphatic carbocycles. The van der Waals surface area contributed by atoms with Crippen LogP contribution in [0.4, 0.5) is 0 Å². The highest BCUT2D eigenvalue weighted by Gasteiger charge is 2.38. The summed E-state index contributed by atoms with van der Waals surface area (Å²) in [5, 5.41) is 3.31. The van der Waals surface area contributed by atoms with Gasteiger partial charge in [0.05, 0.1) is 10.4 Å². The molecule has 0 aliphatic heterocycles. The van der Waals surface area contributed by atoms with Crippen molar-refractivity contribution in [1.82, 2.24) is 19.4 Å². The van der Waals surface area contributed by atoms with Crippen molar-refractivity contribution in [1.29, 1.82) is 0 Å².